The number of aromatic amines is 1. The monoisotopic (exact) mass is 175 g/mol. The summed E-state index contributed by atoms with van der Waals surface area (Å²) in [6, 6.07) is 3.95. The summed E-state index contributed by atoms with van der Waals surface area (Å²) in [6.45, 7) is 4.01. The number of rotatable bonds is 0. The van der Waals surface area contributed by atoms with Crippen molar-refractivity contribution in [2.75, 3.05) is 0 Å². The largest absolute Gasteiger partial charge is 0.285 e. The Bertz CT molecular complexity index is 313. The number of pyridine rings is 1. The van der Waals surface area contributed by atoms with Gasteiger partial charge in [-0.1, -0.05) is 6.07 Å². The molecule has 0 aliphatic carbocycles. The van der Waals surface area contributed by atoms with Crippen LogP contribution in [-0.4, -0.2) is 15.2 Å². The predicted molar refractivity (Wildman–Crippen MR) is 52.3 cm³/mol. The van der Waals surface area contributed by atoms with Gasteiger partial charge >= 0.3 is 0 Å². The smallest absolute Gasteiger partial charge is 0.0516 e. The van der Waals surface area contributed by atoms with Crippen molar-refractivity contribution in [1.82, 2.24) is 15.2 Å². The van der Waals surface area contributed by atoms with Crippen LogP contribution in [0.25, 0.3) is 0 Å². The van der Waals surface area contributed by atoms with Crippen molar-refractivity contribution < 1.29 is 0 Å². The van der Waals surface area contributed by atoms with Gasteiger partial charge in [0, 0.05) is 18.6 Å². The Morgan fingerprint density at radius 2 is 2.00 bits per heavy atom. The van der Waals surface area contributed by atoms with Crippen LogP contribution in [0, 0.1) is 13.8 Å². The molecule has 0 aliphatic rings. The number of aryl methyl sites for hydroxylation is 2. The molecule has 0 spiro atoms. The summed E-state index contributed by atoms with van der Waals surface area (Å²) in [5, 5.41) is 6.38. The van der Waals surface area contributed by atoms with Crippen molar-refractivity contribution in [3.05, 3.63) is 48.0 Å². The Labute approximate surface area is 77.8 Å². The molecule has 3 nitrogen and oxygen atoms in total. The lowest BCUT2D eigenvalue weighted by Gasteiger charge is -1.82. The molecule has 2 heterocycles. The molecule has 0 atom stereocenters. The molecule has 0 saturated heterocycles. The molecule has 1 N–H and O–H groups in total. The first-order valence-electron chi connectivity index (χ1n) is 4.11. The van der Waals surface area contributed by atoms with Crippen LogP contribution in [0.15, 0.2) is 36.9 Å². The first kappa shape index (κ1) is 9.45. The van der Waals surface area contributed by atoms with E-state index in [1.54, 1.807) is 12.4 Å². The van der Waals surface area contributed by atoms with Crippen LogP contribution in [-0.2, 0) is 0 Å². The number of H-pyrrole nitrogens is 1. The SMILES string of the molecule is Cc1cccnc1.Cc1cn[nH]c1. The van der Waals surface area contributed by atoms with Crippen molar-refractivity contribution in [3.63, 3.8) is 0 Å². The molecule has 3 heteroatoms. The maximum absolute atomic E-state index is 3.88. The molecule has 0 aromatic carbocycles. The second-order valence-corrected chi connectivity index (χ2v) is 2.81. The van der Waals surface area contributed by atoms with E-state index in [4.69, 9.17) is 0 Å². The lowest BCUT2D eigenvalue weighted by atomic mass is 10.3. The highest BCUT2D eigenvalue weighted by molar-refractivity contribution is 5.04. The fourth-order valence-electron chi connectivity index (χ4n) is 0.764. The third-order valence-corrected chi connectivity index (χ3v) is 1.44. The van der Waals surface area contributed by atoms with E-state index < -0.39 is 0 Å². The number of nitrogens with one attached hydrogen (secondary N) is 1. The highest BCUT2D eigenvalue weighted by Gasteiger charge is 1.74. The minimum Gasteiger partial charge on any atom is -0.285 e. The first-order valence-corrected chi connectivity index (χ1v) is 4.11. The van der Waals surface area contributed by atoms with Crippen molar-refractivity contribution in [1.29, 1.82) is 0 Å². The van der Waals surface area contributed by atoms with E-state index in [1.165, 1.54) is 11.1 Å². The molecule has 0 amide bonds. The van der Waals surface area contributed by atoms with Gasteiger partial charge < -0.3 is 0 Å². The molecule has 0 saturated carbocycles. The van der Waals surface area contributed by atoms with E-state index in [9.17, 15) is 0 Å². The summed E-state index contributed by atoms with van der Waals surface area (Å²) in [4.78, 5) is 3.88. The van der Waals surface area contributed by atoms with E-state index in [-0.39, 0.29) is 0 Å². The molecule has 2 aromatic heterocycles. The second-order valence-electron chi connectivity index (χ2n) is 2.81. The lowest BCUT2D eigenvalue weighted by molar-refractivity contribution is 1.09. The zero-order valence-electron chi connectivity index (χ0n) is 7.86. The van der Waals surface area contributed by atoms with Crippen LogP contribution < -0.4 is 0 Å². The normalized spacial score (nSPS) is 8.77. The number of nitrogens with zero attached hydrogens (tertiary/aromatic N) is 2. The molecule has 2 rings (SSSR count). The zero-order chi connectivity index (χ0) is 9.52. The highest BCUT2D eigenvalue weighted by Crippen LogP contribution is 1.88. The van der Waals surface area contributed by atoms with Crippen molar-refractivity contribution in [3.8, 4) is 0 Å². The maximum Gasteiger partial charge on any atom is 0.0516 e. The van der Waals surface area contributed by atoms with E-state index >= 15 is 0 Å². The number of hydrogen-bond acceptors (Lipinski definition) is 2. The molecule has 0 bridgehead atoms. The molecular weight excluding hydrogens is 162 g/mol. The predicted octanol–water partition coefficient (Wildman–Crippen LogP) is 2.11. The summed E-state index contributed by atoms with van der Waals surface area (Å²) >= 11 is 0. The van der Waals surface area contributed by atoms with Crippen LogP contribution in [0.4, 0.5) is 0 Å². The van der Waals surface area contributed by atoms with Crippen molar-refractivity contribution in [2.45, 2.75) is 13.8 Å². The quantitative estimate of drug-likeness (QED) is 0.666. The topological polar surface area (TPSA) is 41.6 Å². The second kappa shape index (κ2) is 5.09. The van der Waals surface area contributed by atoms with Crippen LogP contribution in [0.3, 0.4) is 0 Å². The molecule has 0 unspecified atom stereocenters. The van der Waals surface area contributed by atoms with Crippen molar-refractivity contribution in [2.24, 2.45) is 0 Å². The molecule has 0 fully saturated rings. The molecule has 0 aliphatic heterocycles. The summed E-state index contributed by atoms with van der Waals surface area (Å²) in [7, 11) is 0. The third-order valence-electron chi connectivity index (χ3n) is 1.44. The molecule has 13 heavy (non-hydrogen) atoms. The fraction of sp³-hybridized carbons (Fsp3) is 0.200. The first-order chi connectivity index (χ1) is 6.29. The van der Waals surface area contributed by atoms with E-state index in [2.05, 4.69) is 15.2 Å². The lowest BCUT2D eigenvalue weighted by Crippen LogP contribution is -1.69. The van der Waals surface area contributed by atoms with Gasteiger partial charge in [0.05, 0.1) is 6.20 Å². The molecular formula is C10H13N3. The number of aromatic nitrogens is 3. The van der Waals surface area contributed by atoms with Gasteiger partial charge in [0.25, 0.3) is 0 Å². The number of hydrogen-bond donors (Lipinski definition) is 1. The van der Waals surface area contributed by atoms with Crippen LogP contribution in [0.1, 0.15) is 11.1 Å². The summed E-state index contributed by atoms with van der Waals surface area (Å²) in [6.07, 6.45) is 7.23. The Kier molecular flexibility index (Phi) is 3.70. The zero-order valence-corrected chi connectivity index (χ0v) is 7.86. The standard InChI is InChI=1S/C6H7N.C4H6N2/c1-6-3-2-4-7-5-6;1-4-2-5-6-3-4/h2-5H,1H3;2-3H,1H3,(H,5,6). The fourth-order valence-corrected chi connectivity index (χ4v) is 0.764. The third kappa shape index (κ3) is 4.06. The van der Waals surface area contributed by atoms with Gasteiger partial charge in [-0.05, 0) is 31.0 Å². The molecule has 0 radical (unpaired) electrons. The average Bonchev–Trinajstić information content (AvgIpc) is 2.58. The van der Waals surface area contributed by atoms with Gasteiger partial charge in [0.15, 0.2) is 0 Å². The minimum absolute atomic E-state index is 1.18. The summed E-state index contributed by atoms with van der Waals surface area (Å²) in [5.74, 6) is 0. The molecule has 68 valence electrons. The van der Waals surface area contributed by atoms with E-state index in [0.29, 0.717) is 0 Å². The van der Waals surface area contributed by atoms with Gasteiger partial charge in [-0.25, -0.2) is 0 Å². The van der Waals surface area contributed by atoms with Crippen LogP contribution >= 0.6 is 0 Å². The van der Waals surface area contributed by atoms with E-state index in [0.717, 1.165) is 0 Å². The highest BCUT2D eigenvalue weighted by atomic mass is 15.1. The van der Waals surface area contributed by atoms with Gasteiger partial charge in [0.2, 0.25) is 0 Å². The maximum atomic E-state index is 3.88. The van der Waals surface area contributed by atoms with E-state index in [1.807, 2.05) is 38.4 Å². The molecule has 2 aromatic rings. The minimum atomic E-state index is 1.18. The van der Waals surface area contributed by atoms with Gasteiger partial charge in [-0.2, -0.15) is 5.10 Å². The van der Waals surface area contributed by atoms with Gasteiger partial charge in [-0.3, -0.25) is 10.1 Å². The Balaban J connectivity index is 0.000000132. The van der Waals surface area contributed by atoms with Gasteiger partial charge in [0.1, 0.15) is 0 Å². The van der Waals surface area contributed by atoms with Crippen LogP contribution in [0.2, 0.25) is 0 Å². The summed E-state index contributed by atoms with van der Waals surface area (Å²) < 4.78 is 0. The van der Waals surface area contributed by atoms with Gasteiger partial charge in [-0.15, -0.1) is 0 Å². The Hall–Kier alpha value is -1.64. The summed E-state index contributed by atoms with van der Waals surface area (Å²) in [5.41, 5.74) is 2.39. The van der Waals surface area contributed by atoms with Crippen molar-refractivity contribution >= 4 is 0 Å². The Morgan fingerprint density at radius 3 is 2.23 bits per heavy atom. The van der Waals surface area contributed by atoms with Crippen LogP contribution in [0.5, 0.6) is 0 Å². The Morgan fingerprint density at radius 1 is 1.15 bits per heavy atom. The average molecular weight is 175 g/mol.